The van der Waals surface area contributed by atoms with E-state index in [9.17, 15) is 4.79 Å². The van der Waals surface area contributed by atoms with Crippen LogP contribution in [0, 0.1) is 12.8 Å². The summed E-state index contributed by atoms with van der Waals surface area (Å²) >= 11 is 0. The van der Waals surface area contributed by atoms with Gasteiger partial charge in [-0.3, -0.25) is 4.79 Å². The molecule has 0 aliphatic heterocycles. The second kappa shape index (κ2) is 5.85. The number of hydrogen-bond donors (Lipinski definition) is 0. The first-order chi connectivity index (χ1) is 8.02. The Kier molecular flexibility index (Phi) is 4.73. The molecule has 0 bridgehead atoms. The molecule has 0 aliphatic carbocycles. The monoisotopic (exact) mass is 234 g/mol. The minimum absolute atomic E-state index is 0.0591. The summed E-state index contributed by atoms with van der Waals surface area (Å²) in [5.41, 5.74) is 2.18. The predicted octanol–water partition coefficient (Wildman–Crippen LogP) is 3.72. The molecule has 1 aromatic rings. The number of rotatable bonds is 5. The van der Waals surface area contributed by atoms with Crippen molar-refractivity contribution in [1.82, 2.24) is 0 Å². The van der Waals surface area contributed by atoms with Crippen molar-refractivity contribution in [3.8, 4) is 5.75 Å². The molecule has 0 radical (unpaired) electrons. The van der Waals surface area contributed by atoms with E-state index in [1.165, 1.54) is 0 Å². The van der Waals surface area contributed by atoms with Crippen molar-refractivity contribution in [1.29, 1.82) is 0 Å². The molecule has 0 saturated carbocycles. The van der Waals surface area contributed by atoms with Crippen molar-refractivity contribution in [2.45, 2.75) is 40.0 Å². The number of Topliss-reactive ketones (excluding diaryl/α,β-unsaturated/α-hetero) is 1. The molecule has 2 heteroatoms. The first-order valence-corrected chi connectivity index (χ1v) is 6.19. The van der Waals surface area contributed by atoms with E-state index in [1.54, 1.807) is 7.11 Å². The number of ether oxygens (including phenoxy) is 1. The SMILES string of the molecule is CCC(=O)C(c1c(C)cccc1OC)C(C)C. The quantitative estimate of drug-likeness (QED) is 0.776. The van der Waals surface area contributed by atoms with Crippen LogP contribution in [0.15, 0.2) is 18.2 Å². The molecule has 1 unspecified atom stereocenters. The van der Waals surface area contributed by atoms with Crippen molar-refractivity contribution >= 4 is 5.78 Å². The highest BCUT2D eigenvalue weighted by Crippen LogP contribution is 2.35. The maximum Gasteiger partial charge on any atom is 0.140 e. The third kappa shape index (κ3) is 2.87. The Morgan fingerprint density at radius 1 is 1.35 bits per heavy atom. The third-order valence-corrected chi connectivity index (χ3v) is 3.18. The fraction of sp³-hybridized carbons (Fsp3) is 0.533. The largest absolute Gasteiger partial charge is 0.496 e. The van der Waals surface area contributed by atoms with Crippen molar-refractivity contribution in [2.24, 2.45) is 5.92 Å². The Morgan fingerprint density at radius 3 is 2.47 bits per heavy atom. The molecule has 0 heterocycles. The molecule has 0 N–H and O–H groups in total. The fourth-order valence-electron chi connectivity index (χ4n) is 2.32. The molecule has 2 nitrogen and oxygen atoms in total. The summed E-state index contributed by atoms with van der Waals surface area (Å²) in [6.07, 6.45) is 0.570. The van der Waals surface area contributed by atoms with Gasteiger partial charge in [-0.2, -0.15) is 0 Å². The lowest BCUT2D eigenvalue weighted by molar-refractivity contribution is -0.121. The highest BCUT2D eigenvalue weighted by Gasteiger charge is 2.26. The summed E-state index contributed by atoms with van der Waals surface area (Å²) in [7, 11) is 1.66. The van der Waals surface area contributed by atoms with E-state index >= 15 is 0 Å². The second-order valence-corrected chi connectivity index (χ2v) is 4.73. The molecule has 1 rings (SSSR count). The lowest BCUT2D eigenvalue weighted by Crippen LogP contribution is -2.19. The smallest absolute Gasteiger partial charge is 0.140 e. The number of carbonyl (C=O) groups is 1. The summed E-state index contributed by atoms with van der Waals surface area (Å²) in [6.45, 7) is 8.13. The minimum Gasteiger partial charge on any atom is -0.496 e. The van der Waals surface area contributed by atoms with Gasteiger partial charge < -0.3 is 4.74 Å². The number of aryl methyl sites for hydroxylation is 1. The van der Waals surface area contributed by atoms with Gasteiger partial charge in [0.15, 0.2) is 0 Å². The molecular weight excluding hydrogens is 212 g/mol. The van der Waals surface area contributed by atoms with Crippen LogP contribution in [-0.2, 0) is 4.79 Å². The van der Waals surface area contributed by atoms with Crippen LogP contribution < -0.4 is 4.74 Å². The molecule has 94 valence electrons. The zero-order chi connectivity index (χ0) is 13.0. The molecule has 0 amide bonds. The number of hydrogen-bond acceptors (Lipinski definition) is 2. The fourth-order valence-corrected chi connectivity index (χ4v) is 2.32. The van der Waals surface area contributed by atoms with Crippen LogP contribution in [0.2, 0.25) is 0 Å². The van der Waals surface area contributed by atoms with Gasteiger partial charge in [0.2, 0.25) is 0 Å². The van der Waals surface area contributed by atoms with E-state index in [-0.39, 0.29) is 17.6 Å². The number of carbonyl (C=O) groups excluding carboxylic acids is 1. The van der Waals surface area contributed by atoms with Crippen LogP contribution >= 0.6 is 0 Å². The molecule has 17 heavy (non-hydrogen) atoms. The van der Waals surface area contributed by atoms with E-state index < -0.39 is 0 Å². The Balaban J connectivity index is 3.31. The first kappa shape index (κ1) is 13.8. The van der Waals surface area contributed by atoms with E-state index in [0.29, 0.717) is 6.42 Å². The zero-order valence-electron chi connectivity index (χ0n) is 11.4. The lowest BCUT2D eigenvalue weighted by atomic mass is 9.81. The van der Waals surface area contributed by atoms with Gasteiger partial charge in [0.05, 0.1) is 7.11 Å². The van der Waals surface area contributed by atoms with Crippen LogP contribution in [0.4, 0.5) is 0 Å². The average molecular weight is 234 g/mol. The van der Waals surface area contributed by atoms with Crippen molar-refractivity contribution in [3.63, 3.8) is 0 Å². The number of benzene rings is 1. The summed E-state index contributed by atoms with van der Waals surface area (Å²) in [4.78, 5) is 12.1. The van der Waals surface area contributed by atoms with Crippen LogP contribution in [0.1, 0.15) is 44.2 Å². The van der Waals surface area contributed by atoms with Gasteiger partial charge in [-0.05, 0) is 24.5 Å². The molecule has 0 aliphatic rings. The van der Waals surface area contributed by atoms with Gasteiger partial charge in [-0.25, -0.2) is 0 Å². The van der Waals surface area contributed by atoms with Gasteiger partial charge in [-0.1, -0.05) is 32.9 Å². The summed E-state index contributed by atoms with van der Waals surface area (Å²) < 4.78 is 5.40. The zero-order valence-corrected chi connectivity index (χ0v) is 11.4. The molecular formula is C15H22O2. The Bertz CT molecular complexity index is 394. The van der Waals surface area contributed by atoms with Crippen LogP contribution in [-0.4, -0.2) is 12.9 Å². The minimum atomic E-state index is -0.0591. The Hall–Kier alpha value is -1.31. The van der Waals surface area contributed by atoms with Gasteiger partial charge in [0, 0.05) is 17.9 Å². The highest BCUT2D eigenvalue weighted by atomic mass is 16.5. The van der Waals surface area contributed by atoms with Gasteiger partial charge in [0.25, 0.3) is 0 Å². The van der Waals surface area contributed by atoms with Crippen LogP contribution in [0.3, 0.4) is 0 Å². The van der Waals surface area contributed by atoms with Crippen molar-refractivity contribution < 1.29 is 9.53 Å². The van der Waals surface area contributed by atoms with Gasteiger partial charge in [0.1, 0.15) is 11.5 Å². The lowest BCUT2D eigenvalue weighted by Gasteiger charge is -2.23. The van der Waals surface area contributed by atoms with Gasteiger partial charge in [-0.15, -0.1) is 0 Å². The summed E-state index contributed by atoms with van der Waals surface area (Å²) in [5.74, 6) is 1.34. The predicted molar refractivity (Wildman–Crippen MR) is 70.6 cm³/mol. The van der Waals surface area contributed by atoms with Gasteiger partial charge >= 0.3 is 0 Å². The standard InChI is InChI=1S/C15H22O2/c1-6-12(16)14(10(2)3)15-11(4)8-7-9-13(15)17-5/h7-10,14H,6H2,1-5H3. The second-order valence-electron chi connectivity index (χ2n) is 4.73. The maximum absolute atomic E-state index is 12.1. The molecule has 0 aromatic heterocycles. The van der Waals surface area contributed by atoms with E-state index in [2.05, 4.69) is 13.8 Å². The highest BCUT2D eigenvalue weighted by molar-refractivity contribution is 5.87. The Morgan fingerprint density at radius 2 is 2.00 bits per heavy atom. The molecule has 1 atom stereocenters. The van der Waals surface area contributed by atoms with E-state index in [0.717, 1.165) is 16.9 Å². The average Bonchev–Trinajstić information content (AvgIpc) is 2.30. The summed E-state index contributed by atoms with van der Waals surface area (Å²) in [6, 6.07) is 5.93. The number of ketones is 1. The molecule has 1 aromatic carbocycles. The first-order valence-electron chi connectivity index (χ1n) is 6.19. The van der Waals surface area contributed by atoms with Crippen LogP contribution in [0.25, 0.3) is 0 Å². The van der Waals surface area contributed by atoms with Crippen molar-refractivity contribution in [3.05, 3.63) is 29.3 Å². The Labute approximate surface area is 104 Å². The number of methoxy groups -OCH3 is 1. The van der Waals surface area contributed by atoms with E-state index in [4.69, 9.17) is 4.74 Å². The normalized spacial score (nSPS) is 12.6. The molecule has 0 fully saturated rings. The van der Waals surface area contributed by atoms with E-state index in [1.807, 2.05) is 32.0 Å². The summed E-state index contributed by atoms with van der Waals surface area (Å²) in [5, 5.41) is 0. The molecule has 0 spiro atoms. The third-order valence-electron chi connectivity index (χ3n) is 3.18. The van der Waals surface area contributed by atoms with Crippen LogP contribution in [0.5, 0.6) is 5.75 Å². The molecule has 0 saturated heterocycles. The van der Waals surface area contributed by atoms with Crippen molar-refractivity contribution in [2.75, 3.05) is 7.11 Å². The topological polar surface area (TPSA) is 26.3 Å². The maximum atomic E-state index is 12.1.